The number of rotatable bonds is 1. The molecule has 1 aliphatic rings. The van der Waals surface area contributed by atoms with Crippen LogP contribution in [0.1, 0.15) is 0 Å². The highest BCUT2D eigenvalue weighted by atomic mass is 19.1. The molecule has 72 valence electrons. The summed E-state index contributed by atoms with van der Waals surface area (Å²) in [7, 11) is 0. The van der Waals surface area contributed by atoms with Crippen molar-refractivity contribution in [1.82, 2.24) is 5.12 Å². The first-order chi connectivity index (χ1) is 6.77. The second kappa shape index (κ2) is 3.47. The van der Waals surface area contributed by atoms with Gasteiger partial charge in [0, 0.05) is 12.3 Å². The van der Waals surface area contributed by atoms with Gasteiger partial charge in [-0.05, 0) is 18.2 Å². The van der Waals surface area contributed by atoms with Gasteiger partial charge in [-0.3, -0.25) is 0 Å². The lowest BCUT2D eigenvalue weighted by molar-refractivity contribution is 0.360. The van der Waals surface area contributed by atoms with Crippen molar-refractivity contribution in [1.29, 1.82) is 0 Å². The van der Waals surface area contributed by atoms with E-state index in [1.165, 1.54) is 22.4 Å². The zero-order valence-electron chi connectivity index (χ0n) is 7.34. The number of hydrogen-bond acceptors (Lipinski definition) is 4. The molecule has 0 saturated heterocycles. The zero-order valence-corrected chi connectivity index (χ0v) is 7.34. The zero-order chi connectivity index (χ0) is 9.97. The smallest absolute Gasteiger partial charge is 0.125 e. The van der Waals surface area contributed by atoms with Gasteiger partial charge >= 0.3 is 0 Å². The number of benzene rings is 1. The Balaban J connectivity index is 2.31. The Bertz CT molecular complexity index is 388. The minimum Gasteiger partial charge on any atom is -0.227 e. The predicted octanol–water partition coefficient (Wildman–Crippen LogP) is 1.24. The molecule has 1 aromatic rings. The molecule has 0 fully saturated rings. The van der Waals surface area contributed by atoms with Crippen LogP contribution in [0.3, 0.4) is 0 Å². The van der Waals surface area contributed by atoms with Crippen molar-refractivity contribution in [3.63, 3.8) is 0 Å². The maximum absolute atomic E-state index is 12.9. The standard InChI is InChI=1S/C9H9FN4/c10-8-3-1-4-9(7-8)14-12-5-2-6-13(14)11/h1-7H,11H2. The molecule has 2 rings (SSSR count). The first-order valence-electron chi connectivity index (χ1n) is 4.08. The van der Waals surface area contributed by atoms with Gasteiger partial charge in [0.2, 0.25) is 0 Å². The molecule has 4 nitrogen and oxygen atoms in total. The summed E-state index contributed by atoms with van der Waals surface area (Å²) in [6.45, 7) is 0. The Morgan fingerprint density at radius 1 is 1.36 bits per heavy atom. The summed E-state index contributed by atoms with van der Waals surface area (Å²) in [6.07, 6.45) is 4.89. The fourth-order valence-corrected chi connectivity index (χ4v) is 1.15. The van der Waals surface area contributed by atoms with Gasteiger partial charge < -0.3 is 0 Å². The van der Waals surface area contributed by atoms with Crippen molar-refractivity contribution in [3.05, 3.63) is 42.4 Å². The van der Waals surface area contributed by atoms with Gasteiger partial charge in [0.1, 0.15) is 5.82 Å². The molecule has 0 aliphatic carbocycles. The second-order valence-electron chi connectivity index (χ2n) is 2.76. The summed E-state index contributed by atoms with van der Waals surface area (Å²) >= 11 is 0. The molecule has 1 heterocycles. The van der Waals surface area contributed by atoms with E-state index in [0.717, 1.165) is 0 Å². The lowest BCUT2D eigenvalue weighted by Crippen LogP contribution is -2.41. The highest BCUT2D eigenvalue weighted by Gasteiger charge is 2.10. The van der Waals surface area contributed by atoms with Crippen LogP contribution in [-0.4, -0.2) is 11.3 Å². The third-order valence-electron chi connectivity index (χ3n) is 1.76. The number of nitrogens with zero attached hydrogens (tertiary/aromatic N) is 3. The number of halogens is 1. The van der Waals surface area contributed by atoms with Gasteiger partial charge in [0.15, 0.2) is 0 Å². The molecule has 0 saturated carbocycles. The van der Waals surface area contributed by atoms with E-state index in [0.29, 0.717) is 5.69 Å². The van der Waals surface area contributed by atoms with Crippen molar-refractivity contribution in [2.24, 2.45) is 10.9 Å². The Kier molecular flexibility index (Phi) is 2.16. The van der Waals surface area contributed by atoms with Crippen LogP contribution in [-0.2, 0) is 0 Å². The summed E-state index contributed by atoms with van der Waals surface area (Å²) in [6, 6.07) is 6.05. The van der Waals surface area contributed by atoms with E-state index in [-0.39, 0.29) is 5.82 Å². The van der Waals surface area contributed by atoms with E-state index < -0.39 is 0 Å². The van der Waals surface area contributed by atoms with Crippen LogP contribution in [0.5, 0.6) is 0 Å². The number of allylic oxidation sites excluding steroid dienone is 1. The normalized spacial score (nSPS) is 15.0. The summed E-state index contributed by atoms with van der Waals surface area (Å²) in [5.74, 6) is 5.28. The molecular weight excluding hydrogens is 183 g/mol. The van der Waals surface area contributed by atoms with Crippen molar-refractivity contribution >= 4 is 11.9 Å². The Hall–Kier alpha value is -1.88. The van der Waals surface area contributed by atoms with Crippen LogP contribution in [0.4, 0.5) is 10.1 Å². The maximum atomic E-state index is 12.9. The lowest BCUT2D eigenvalue weighted by Gasteiger charge is -2.28. The quantitative estimate of drug-likeness (QED) is 0.681. The molecular formula is C9H9FN4. The van der Waals surface area contributed by atoms with Gasteiger partial charge in [-0.15, -0.1) is 0 Å². The molecule has 1 aromatic carbocycles. The van der Waals surface area contributed by atoms with Crippen LogP contribution < -0.4 is 11.0 Å². The average molecular weight is 192 g/mol. The molecule has 0 aromatic heterocycles. The van der Waals surface area contributed by atoms with E-state index in [9.17, 15) is 4.39 Å². The van der Waals surface area contributed by atoms with Crippen LogP contribution in [0.2, 0.25) is 0 Å². The topological polar surface area (TPSA) is 44.9 Å². The molecule has 0 amide bonds. The molecule has 0 bridgehead atoms. The molecule has 5 heteroatoms. The third kappa shape index (κ3) is 1.57. The summed E-state index contributed by atoms with van der Waals surface area (Å²) in [5, 5.41) is 6.64. The van der Waals surface area contributed by atoms with E-state index in [4.69, 9.17) is 5.84 Å². The van der Waals surface area contributed by atoms with Crippen LogP contribution >= 0.6 is 0 Å². The predicted molar refractivity (Wildman–Crippen MR) is 52.5 cm³/mol. The molecule has 2 N–H and O–H groups in total. The molecule has 14 heavy (non-hydrogen) atoms. The van der Waals surface area contributed by atoms with E-state index in [1.807, 2.05) is 0 Å². The van der Waals surface area contributed by atoms with Crippen molar-refractivity contribution in [2.45, 2.75) is 0 Å². The highest BCUT2D eigenvalue weighted by molar-refractivity contribution is 5.73. The monoisotopic (exact) mass is 192 g/mol. The van der Waals surface area contributed by atoms with Gasteiger partial charge in [-0.25, -0.2) is 15.4 Å². The van der Waals surface area contributed by atoms with Crippen molar-refractivity contribution < 1.29 is 4.39 Å². The number of hydrazine groups is 2. The molecule has 0 atom stereocenters. The highest BCUT2D eigenvalue weighted by Crippen LogP contribution is 2.17. The van der Waals surface area contributed by atoms with E-state index in [2.05, 4.69) is 5.10 Å². The van der Waals surface area contributed by atoms with Crippen LogP contribution in [0.25, 0.3) is 0 Å². The van der Waals surface area contributed by atoms with Gasteiger partial charge in [0.25, 0.3) is 0 Å². The summed E-state index contributed by atoms with van der Waals surface area (Å²) < 4.78 is 12.9. The Morgan fingerprint density at radius 3 is 2.93 bits per heavy atom. The lowest BCUT2D eigenvalue weighted by atomic mass is 10.3. The number of anilines is 1. The van der Waals surface area contributed by atoms with Crippen molar-refractivity contribution in [2.75, 3.05) is 5.12 Å². The summed E-state index contributed by atoms with van der Waals surface area (Å²) in [4.78, 5) is 0. The van der Waals surface area contributed by atoms with E-state index in [1.54, 1.807) is 30.6 Å². The SMILES string of the molecule is NN1C=CC=NN1c1cccc(F)c1. The van der Waals surface area contributed by atoms with Gasteiger partial charge in [-0.1, -0.05) is 6.07 Å². The maximum Gasteiger partial charge on any atom is 0.125 e. The molecule has 0 radical (unpaired) electrons. The van der Waals surface area contributed by atoms with Gasteiger partial charge in [-0.2, -0.15) is 10.2 Å². The van der Waals surface area contributed by atoms with Crippen LogP contribution in [0, 0.1) is 5.82 Å². The fraction of sp³-hybridized carbons (Fsp3) is 0. The van der Waals surface area contributed by atoms with Crippen LogP contribution in [0.15, 0.2) is 41.6 Å². The Labute approximate surface area is 80.7 Å². The Morgan fingerprint density at radius 2 is 2.21 bits per heavy atom. The minimum absolute atomic E-state index is 0.319. The molecule has 0 unspecified atom stereocenters. The number of hydrogen-bond donors (Lipinski definition) is 1. The molecule has 1 aliphatic heterocycles. The largest absolute Gasteiger partial charge is 0.227 e. The van der Waals surface area contributed by atoms with Gasteiger partial charge in [0.05, 0.1) is 11.9 Å². The molecule has 0 spiro atoms. The first kappa shape index (κ1) is 8.71. The number of hydrazone groups is 1. The van der Waals surface area contributed by atoms with Crippen molar-refractivity contribution in [3.8, 4) is 0 Å². The fourth-order valence-electron chi connectivity index (χ4n) is 1.15. The second-order valence-corrected chi connectivity index (χ2v) is 2.76. The van der Waals surface area contributed by atoms with E-state index >= 15 is 0 Å². The summed E-state index contributed by atoms with van der Waals surface area (Å²) in [5.41, 5.74) is 0.577. The minimum atomic E-state index is -0.319. The third-order valence-corrected chi connectivity index (χ3v) is 1.76. The number of nitrogens with two attached hydrogens (primary N) is 1. The first-order valence-corrected chi connectivity index (χ1v) is 4.08. The average Bonchev–Trinajstić information content (AvgIpc) is 2.18.